The van der Waals surface area contributed by atoms with Gasteiger partial charge in [0.05, 0.1) is 25.8 Å². The number of thioether (sulfide) groups is 1. The zero-order valence-electron chi connectivity index (χ0n) is 11.2. The summed E-state index contributed by atoms with van der Waals surface area (Å²) in [7, 11) is 0. The second kappa shape index (κ2) is 6.50. The summed E-state index contributed by atoms with van der Waals surface area (Å²) < 4.78 is 10.9. The van der Waals surface area contributed by atoms with Crippen molar-refractivity contribution in [2.75, 3.05) is 31.2 Å². The lowest BCUT2D eigenvalue weighted by atomic mass is 10.2. The van der Waals surface area contributed by atoms with E-state index in [1.807, 2.05) is 32.5 Å². The predicted molar refractivity (Wildman–Crippen MR) is 70.5 cm³/mol. The van der Waals surface area contributed by atoms with E-state index in [1.165, 1.54) is 0 Å². The summed E-state index contributed by atoms with van der Waals surface area (Å²) in [6, 6.07) is 0. The molecule has 1 fully saturated rings. The maximum absolute atomic E-state index is 11.6. The molecule has 1 aliphatic rings. The van der Waals surface area contributed by atoms with Crippen LogP contribution in [0.15, 0.2) is 0 Å². The highest BCUT2D eigenvalue weighted by Gasteiger charge is 2.34. The van der Waals surface area contributed by atoms with Crippen molar-refractivity contribution in [2.24, 2.45) is 0 Å². The van der Waals surface area contributed by atoms with Crippen molar-refractivity contribution >= 4 is 17.9 Å². The second-order valence-electron chi connectivity index (χ2n) is 5.08. The molecule has 0 radical (unpaired) electrons. The summed E-state index contributed by atoms with van der Waals surface area (Å²) in [5.74, 6) is 2.15. The van der Waals surface area contributed by atoms with Crippen molar-refractivity contribution in [2.45, 2.75) is 39.4 Å². The molecule has 0 atom stereocenters. The van der Waals surface area contributed by atoms with E-state index in [-0.39, 0.29) is 12.2 Å². The molecule has 0 spiro atoms. The largest absolute Gasteiger partial charge is 0.444 e. The van der Waals surface area contributed by atoms with E-state index in [4.69, 9.17) is 9.47 Å². The zero-order valence-corrected chi connectivity index (χ0v) is 12.0. The molecule has 1 amide bonds. The smallest absolute Gasteiger partial charge is 0.410 e. The molecule has 1 saturated heterocycles. The maximum Gasteiger partial charge on any atom is 0.410 e. The number of ether oxygens (including phenoxy) is 2. The summed E-state index contributed by atoms with van der Waals surface area (Å²) in [6.07, 6.45) is -0.0414. The normalized spacial score (nSPS) is 16.8. The Labute approximate surface area is 108 Å². The molecular formula is C12H23NO3S. The van der Waals surface area contributed by atoms with Crippen LogP contribution in [0.4, 0.5) is 4.79 Å². The van der Waals surface area contributed by atoms with E-state index in [2.05, 4.69) is 6.92 Å². The summed E-state index contributed by atoms with van der Waals surface area (Å²) in [4.78, 5) is 13.3. The molecule has 0 unspecified atom stereocenters. The molecule has 4 nitrogen and oxygen atoms in total. The van der Waals surface area contributed by atoms with E-state index in [9.17, 15) is 4.79 Å². The number of carbonyl (C=O) groups is 1. The second-order valence-corrected chi connectivity index (χ2v) is 6.47. The Balaban J connectivity index is 2.08. The van der Waals surface area contributed by atoms with Crippen LogP contribution in [0.2, 0.25) is 0 Å². The maximum atomic E-state index is 11.6. The predicted octanol–water partition coefficient (Wildman–Crippen LogP) is 2.38. The molecule has 0 aromatic carbocycles. The monoisotopic (exact) mass is 261 g/mol. The lowest BCUT2D eigenvalue weighted by molar-refractivity contribution is -0.0589. The van der Waals surface area contributed by atoms with Crippen molar-refractivity contribution in [3.63, 3.8) is 0 Å². The number of rotatable bonds is 5. The van der Waals surface area contributed by atoms with Crippen molar-refractivity contribution in [1.82, 2.24) is 4.90 Å². The van der Waals surface area contributed by atoms with Gasteiger partial charge in [-0.15, -0.1) is 0 Å². The summed E-state index contributed by atoms with van der Waals surface area (Å²) in [6.45, 7) is 9.85. The van der Waals surface area contributed by atoms with Crippen LogP contribution in [0, 0.1) is 0 Å². The number of likely N-dealkylation sites (tertiary alicyclic amines) is 1. The van der Waals surface area contributed by atoms with E-state index in [1.54, 1.807) is 4.90 Å². The number of amides is 1. The third-order valence-electron chi connectivity index (χ3n) is 2.29. The number of hydrogen-bond donors (Lipinski definition) is 0. The van der Waals surface area contributed by atoms with Crippen LogP contribution in [0.3, 0.4) is 0 Å². The first kappa shape index (κ1) is 14.6. The van der Waals surface area contributed by atoms with Gasteiger partial charge in [-0.05, 0) is 26.5 Å². The summed E-state index contributed by atoms with van der Waals surface area (Å²) in [5.41, 5.74) is -0.416. The third kappa shape index (κ3) is 5.64. The fraction of sp³-hybridized carbons (Fsp3) is 0.917. The van der Waals surface area contributed by atoms with Crippen LogP contribution in [0.1, 0.15) is 27.7 Å². The number of hydrogen-bond acceptors (Lipinski definition) is 4. The van der Waals surface area contributed by atoms with E-state index in [0.717, 1.165) is 18.1 Å². The summed E-state index contributed by atoms with van der Waals surface area (Å²) in [5, 5.41) is 0. The molecule has 0 N–H and O–H groups in total. The van der Waals surface area contributed by atoms with E-state index < -0.39 is 5.60 Å². The van der Waals surface area contributed by atoms with Crippen LogP contribution in [0.25, 0.3) is 0 Å². The molecule has 0 bridgehead atoms. The average molecular weight is 261 g/mol. The van der Waals surface area contributed by atoms with Gasteiger partial charge in [-0.25, -0.2) is 4.79 Å². The fourth-order valence-corrected chi connectivity index (χ4v) is 1.94. The minimum Gasteiger partial charge on any atom is -0.444 e. The van der Waals surface area contributed by atoms with Crippen LogP contribution in [-0.4, -0.2) is 53.9 Å². The van der Waals surface area contributed by atoms with Crippen molar-refractivity contribution < 1.29 is 14.3 Å². The zero-order chi connectivity index (χ0) is 12.9. The van der Waals surface area contributed by atoms with Gasteiger partial charge < -0.3 is 14.4 Å². The topological polar surface area (TPSA) is 38.8 Å². The average Bonchev–Trinajstić information content (AvgIpc) is 2.11. The highest BCUT2D eigenvalue weighted by Crippen LogP contribution is 2.17. The Morgan fingerprint density at radius 2 is 2.06 bits per heavy atom. The van der Waals surface area contributed by atoms with Crippen LogP contribution in [-0.2, 0) is 9.47 Å². The van der Waals surface area contributed by atoms with Gasteiger partial charge in [-0.1, -0.05) is 6.92 Å². The van der Waals surface area contributed by atoms with Crippen molar-refractivity contribution in [3.05, 3.63) is 0 Å². The molecule has 1 rings (SSSR count). The van der Waals surface area contributed by atoms with Gasteiger partial charge in [-0.2, -0.15) is 11.8 Å². The van der Waals surface area contributed by atoms with Crippen LogP contribution >= 0.6 is 11.8 Å². The van der Waals surface area contributed by atoms with Gasteiger partial charge in [0.1, 0.15) is 5.60 Å². The van der Waals surface area contributed by atoms with Gasteiger partial charge in [0.2, 0.25) is 0 Å². The Morgan fingerprint density at radius 3 is 2.59 bits per heavy atom. The Kier molecular flexibility index (Phi) is 5.59. The molecule has 17 heavy (non-hydrogen) atoms. The van der Waals surface area contributed by atoms with Crippen LogP contribution < -0.4 is 0 Å². The minimum atomic E-state index is -0.416. The van der Waals surface area contributed by atoms with Crippen molar-refractivity contribution in [3.8, 4) is 0 Å². The fourth-order valence-electron chi connectivity index (χ4n) is 1.44. The van der Waals surface area contributed by atoms with Gasteiger partial charge >= 0.3 is 6.09 Å². The Morgan fingerprint density at radius 1 is 1.41 bits per heavy atom. The molecular weight excluding hydrogens is 238 g/mol. The quantitative estimate of drug-likeness (QED) is 0.712. The SMILES string of the molecule is CCSCCOC1CN(C(=O)OC(C)(C)C)C1. The highest BCUT2D eigenvalue weighted by atomic mass is 32.2. The standard InChI is InChI=1S/C12H23NO3S/c1-5-17-7-6-15-10-8-13(9-10)11(14)16-12(2,3)4/h10H,5-9H2,1-4H3. The molecule has 1 heterocycles. The minimum absolute atomic E-state index is 0.194. The first-order valence-electron chi connectivity index (χ1n) is 6.09. The first-order chi connectivity index (χ1) is 7.92. The van der Waals surface area contributed by atoms with Crippen LogP contribution in [0.5, 0.6) is 0 Å². The molecule has 0 aromatic rings. The number of carbonyl (C=O) groups excluding carboxylic acids is 1. The highest BCUT2D eigenvalue weighted by molar-refractivity contribution is 7.99. The molecule has 0 aromatic heterocycles. The van der Waals surface area contributed by atoms with E-state index in [0.29, 0.717) is 13.1 Å². The van der Waals surface area contributed by atoms with Crippen molar-refractivity contribution in [1.29, 1.82) is 0 Å². The van der Waals surface area contributed by atoms with Gasteiger partial charge in [-0.3, -0.25) is 0 Å². The lowest BCUT2D eigenvalue weighted by Gasteiger charge is -2.39. The molecule has 5 heteroatoms. The number of nitrogens with zero attached hydrogens (tertiary/aromatic N) is 1. The van der Waals surface area contributed by atoms with Gasteiger partial charge in [0.25, 0.3) is 0 Å². The molecule has 0 aliphatic carbocycles. The third-order valence-corrected chi connectivity index (χ3v) is 3.15. The first-order valence-corrected chi connectivity index (χ1v) is 7.25. The summed E-state index contributed by atoms with van der Waals surface area (Å²) >= 11 is 1.87. The van der Waals surface area contributed by atoms with Gasteiger partial charge in [0, 0.05) is 5.75 Å². The van der Waals surface area contributed by atoms with E-state index >= 15 is 0 Å². The van der Waals surface area contributed by atoms with Gasteiger partial charge in [0.15, 0.2) is 0 Å². The Hall–Kier alpha value is -0.420. The molecule has 1 aliphatic heterocycles. The Bertz CT molecular complexity index is 247. The molecule has 0 saturated carbocycles. The lowest BCUT2D eigenvalue weighted by Crippen LogP contribution is -2.56. The molecule has 100 valence electrons.